The van der Waals surface area contributed by atoms with E-state index >= 15 is 0 Å². The maximum atomic E-state index is 13.5. The number of nitrogens with one attached hydrogen (secondary N) is 1. The number of amides is 2. The van der Waals surface area contributed by atoms with Crippen LogP contribution in [-0.2, 0) is 14.2 Å². The van der Waals surface area contributed by atoms with E-state index in [-0.39, 0.29) is 19.8 Å². The van der Waals surface area contributed by atoms with Gasteiger partial charge in [-0.3, -0.25) is 10.1 Å². The third-order valence-electron chi connectivity index (χ3n) is 6.31. The van der Waals surface area contributed by atoms with Crippen LogP contribution in [0.1, 0.15) is 87.1 Å². The maximum Gasteiger partial charge on any atom is 0.413 e. The lowest BCUT2D eigenvalue weighted by molar-refractivity contribution is -0.127. The van der Waals surface area contributed by atoms with E-state index in [0.29, 0.717) is 30.2 Å². The second-order valence-corrected chi connectivity index (χ2v) is 11.6. The Kier molecular flexibility index (Phi) is 10.1. The van der Waals surface area contributed by atoms with Crippen LogP contribution in [0.15, 0.2) is 28.8 Å². The molecule has 204 valence electrons. The van der Waals surface area contributed by atoms with E-state index < -0.39 is 22.9 Å². The Bertz CT molecular complexity index is 1030. The van der Waals surface area contributed by atoms with E-state index in [1.165, 1.54) is 0 Å². The number of aliphatic imine (C=N–C) groups is 1. The first-order valence-electron chi connectivity index (χ1n) is 13.1. The Labute approximate surface area is 222 Å². The topological polar surface area (TPSA) is 100 Å². The van der Waals surface area contributed by atoms with Crippen molar-refractivity contribution >= 4 is 42.5 Å². The van der Waals surface area contributed by atoms with Gasteiger partial charge in [0.2, 0.25) is 5.91 Å². The molecule has 0 saturated heterocycles. The minimum absolute atomic E-state index is 0.0606. The zero-order valence-corrected chi connectivity index (χ0v) is 24.0. The Hall–Kier alpha value is -2.65. The van der Waals surface area contributed by atoms with E-state index in [1.54, 1.807) is 34.6 Å². The van der Waals surface area contributed by atoms with E-state index in [0.717, 1.165) is 23.9 Å². The van der Waals surface area contributed by atoms with Crippen molar-refractivity contribution in [3.63, 3.8) is 0 Å². The molecule has 0 bridgehead atoms. The van der Waals surface area contributed by atoms with Crippen LogP contribution >= 0.6 is 0 Å². The summed E-state index contributed by atoms with van der Waals surface area (Å²) in [5, 5.41) is 13.2. The highest BCUT2D eigenvalue weighted by Gasteiger charge is 2.35. The Morgan fingerprint density at radius 3 is 2.24 bits per heavy atom. The van der Waals surface area contributed by atoms with Crippen molar-refractivity contribution in [2.24, 2.45) is 4.99 Å². The highest BCUT2D eigenvalue weighted by atomic mass is 16.6. The predicted octanol–water partition coefficient (Wildman–Crippen LogP) is 4.22. The number of carbonyl (C=O) groups excluding carboxylic acids is 2. The molecule has 0 saturated carbocycles. The highest BCUT2D eigenvalue weighted by molar-refractivity contribution is 6.47. The Morgan fingerprint density at radius 2 is 1.70 bits per heavy atom. The van der Waals surface area contributed by atoms with Gasteiger partial charge >= 0.3 is 13.6 Å². The van der Waals surface area contributed by atoms with Crippen LogP contribution in [0, 0.1) is 0 Å². The second-order valence-electron chi connectivity index (χ2n) is 11.6. The number of hydrogen-bond acceptors (Lipinski definition) is 6. The lowest BCUT2D eigenvalue weighted by atomic mass is 9.82. The van der Waals surface area contributed by atoms with Gasteiger partial charge in [-0.2, -0.15) is 0 Å². The molecule has 2 rings (SSSR count). The molecular formula is C28H44BN3O5. The van der Waals surface area contributed by atoms with Gasteiger partial charge in [-0.25, -0.2) is 9.79 Å². The van der Waals surface area contributed by atoms with Gasteiger partial charge in [0.1, 0.15) is 11.4 Å². The first-order chi connectivity index (χ1) is 17.1. The average molecular weight is 513 g/mol. The number of fused-ring (bicyclic) bond motifs is 1. The predicted molar refractivity (Wildman–Crippen MR) is 151 cm³/mol. The molecular weight excluding hydrogens is 469 g/mol. The smallest absolute Gasteiger partial charge is 0.413 e. The van der Waals surface area contributed by atoms with Crippen LogP contribution in [0.4, 0.5) is 10.5 Å². The van der Waals surface area contributed by atoms with Gasteiger partial charge in [-0.15, -0.1) is 0 Å². The number of hydrogen-bond donors (Lipinski definition) is 2. The van der Waals surface area contributed by atoms with Crippen LogP contribution in [0.2, 0.25) is 0 Å². The highest BCUT2D eigenvalue weighted by Crippen LogP contribution is 2.28. The van der Waals surface area contributed by atoms with Crippen molar-refractivity contribution in [3.05, 3.63) is 29.3 Å². The van der Waals surface area contributed by atoms with Crippen molar-refractivity contribution in [1.82, 2.24) is 10.2 Å². The molecule has 9 heteroatoms. The fourth-order valence-corrected chi connectivity index (χ4v) is 3.63. The number of carbonyl (C=O) groups is 2. The third-order valence-corrected chi connectivity index (χ3v) is 6.31. The molecule has 2 amide bonds. The fraction of sp³-hybridized carbons (Fsp3) is 0.607. The number of aliphatic hydroxyl groups is 1. The number of rotatable bonds is 9. The molecule has 8 nitrogen and oxygen atoms in total. The summed E-state index contributed by atoms with van der Waals surface area (Å²) in [7, 11) is 0.269. The van der Waals surface area contributed by atoms with Crippen LogP contribution in [0.25, 0.3) is 6.08 Å². The summed E-state index contributed by atoms with van der Waals surface area (Å²) in [6, 6.07) is 5.71. The SMILES string of the molecule is CCCN(CCC)C(=O)C1=Cc2ccc(BOC(C)(C)C(C)(C)O)cc2N=C(NC(=O)OC(C)(C)C)C1. The molecule has 1 aromatic carbocycles. The van der Waals surface area contributed by atoms with Crippen molar-refractivity contribution in [2.75, 3.05) is 13.1 Å². The zero-order valence-electron chi connectivity index (χ0n) is 24.0. The zero-order chi connectivity index (χ0) is 28.0. The first kappa shape index (κ1) is 30.6. The van der Waals surface area contributed by atoms with Crippen molar-refractivity contribution in [3.8, 4) is 0 Å². The number of ether oxygens (including phenoxy) is 1. The summed E-state index contributed by atoms with van der Waals surface area (Å²) in [6.07, 6.45) is 3.13. The average Bonchev–Trinajstić information content (AvgIpc) is 2.93. The molecule has 1 aromatic rings. The molecule has 1 heterocycles. The van der Waals surface area contributed by atoms with Gasteiger partial charge in [0.15, 0.2) is 0 Å². The first-order valence-corrected chi connectivity index (χ1v) is 13.1. The monoisotopic (exact) mass is 513 g/mol. The number of benzene rings is 1. The third kappa shape index (κ3) is 9.00. The van der Waals surface area contributed by atoms with E-state index in [1.807, 2.05) is 56.9 Å². The van der Waals surface area contributed by atoms with Crippen LogP contribution < -0.4 is 10.8 Å². The van der Waals surface area contributed by atoms with E-state index in [4.69, 9.17) is 14.4 Å². The Balaban J connectivity index is 2.44. The van der Waals surface area contributed by atoms with Crippen molar-refractivity contribution < 1.29 is 24.1 Å². The molecule has 0 aliphatic carbocycles. The maximum absolute atomic E-state index is 13.5. The molecule has 37 heavy (non-hydrogen) atoms. The molecule has 0 aromatic heterocycles. The normalized spacial score (nSPS) is 14.1. The van der Waals surface area contributed by atoms with Gasteiger partial charge in [-0.1, -0.05) is 31.4 Å². The molecule has 0 unspecified atom stereocenters. The van der Waals surface area contributed by atoms with Crippen LogP contribution in [0.3, 0.4) is 0 Å². The van der Waals surface area contributed by atoms with Crippen molar-refractivity contribution in [2.45, 2.75) is 98.4 Å². The molecule has 0 radical (unpaired) electrons. The van der Waals surface area contributed by atoms with Gasteiger partial charge in [0, 0.05) is 30.6 Å². The fourth-order valence-electron chi connectivity index (χ4n) is 3.63. The molecule has 1 aliphatic heterocycles. The quantitative estimate of drug-likeness (QED) is 0.482. The van der Waals surface area contributed by atoms with Crippen LogP contribution in [0.5, 0.6) is 0 Å². The van der Waals surface area contributed by atoms with Crippen LogP contribution in [-0.4, -0.2) is 65.2 Å². The Morgan fingerprint density at radius 1 is 1.08 bits per heavy atom. The van der Waals surface area contributed by atoms with Gasteiger partial charge < -0.3 is 19.4 Å². The molecule has 1 aliphatic rings. The van der Waals surface area contributed by atoms with Gasteiger partial charge in [0.25, 0.3) is 0 Å². The molecule has 0 atom stereocenters. The molecule has 0 fully saturated rings. The van der Waals surface area contributed by atoms with E-state index in [2.05, 4.69) is 5.32 Å². The lowest BCUT2D eigenvalue weighted by Gasteiger charge is -2.37. The van der Waals surface area contributed by atoms with E-state index in [9.17, 15) is 14.7 Å². The van der Waals surface area contributed by atoms with Gasteiger partial charge in [0.05, 0.1) is 16.9 Å². The summed E-state index contributed by atoms with van der Waals surface area (Å²) in [4.78, 5) is 32.6. The number of amidine groups is 1. The summed E-state index contributed by atoms with van der Waals surface area (Å²) in [5.74, 6) is 0.282. The standard InChI is InChI=1S/C28H44BN3O5/c1-10-14-32(15-11-2)24(33)20-16-19-12-13-21(29-37-28(8,9)27(6,7)35)18-22(19)30-23(17-20)31-25(34)36-26(3,4)5/h12-13,16,18,29,35H,10-11,14-15,17H2,1-9H3,(H,30,31,34). The van der Waals surface area contributed by atoms with Crippen molar-refractivity contribution in [1.29, 1.82) is 0 Å². The lowest BCUT2D eigenvalue weighted by Crippen LogP contribution is -2.49. The van der Waals surface area contributed by atoms with Gasteiger partial charge in [-0.05, 0) is 73.5 Å². The molecule has 0 spiro atoms. The number of alkyl carbamates (subject to hydrolysis) is 1. The summed E-state index contributed by atoms with van der Waals surface area (Å²) in [6.45, 7) is 17.9. The number of nitrogens with zero attached hydrogens (tertiary/aromatic N) is 2. The largest absolute Gasteiger partial charge is 0.444 e. The minimum atomic E-state index is -1.03. The minimum Gasteiger partial charge on any atom is -0.444 e. The molecule has 2 N–H and O–H groups in total. The summed E-state index contributed by atoms with van der Waals surface area (Å²) in [5.41, 5.74) is 0.353. The second kappa shape index (κ2) is 12.3. The summed E-state index contributed by atoms with van der Waals surface area (Å²) < 4.78 is 11.5. The summed E-state index contributed by atoms with van der Waals surface area (Å²) >= 11 is 0.